The SMILES string of the molecule is CC(C)(C)OC(=O)N[C@@H]([C@H]1COC(C)(C)O1)[C@@H](OCc1ccccc1)C(=O)C[Si](C)(C)c1ccccc1. The van der Waals surface area contributed by atoms with Crippen LogP contribution in [0.3, 0.4) is 0 Å². The van der Waals surface area contributed by atoms with Crippen LogP contribution in [0.2, 0.25) is 19.1 Å². The molecule has 7 nitrogen and oxygen atoms in total. The number of nitrogens with one attached hydrogen (secondary N) is 1. The smallest absolute Gasteiger partial charge is 0.408 e. The number of ketones is 1. The minimum Gasteiger partial charge on any atom is -0.444 e. The molecule has 0 unspecified atom stereocenters. The van der Waals surface area contributed by atoms with E-state index in [1.165, 1.54) is 5.19 Å². The van der Waals surface area contributed by atoms with Crippen molar-refractivity contribution in [2.24, 2.45) is 0 Å². The van der Waals surface area contributed by atoms with Crippen LogP contribution in [0.1, 0.15) is 40.2 Å². The molecule has 0 aliphatic carbocycles. The van der Waals surface area contributed by atoms with Gasteiger partial charge in [-0.15, -0.1) is 0 Å². The highest BCUT2D eigenvalue weighted by Crippen LogP contribution is 2.28. The van der Waals surface area contributed by atoms with Gasteiger partial charge in [0, 0.05) is 6.04 Å². The van der Waals surface area contributed by atoms with Gasteiger partial charge >= 0.3 is 6.09 Å². The fourth-order valence-electron chi connectivity index (χ4n) is 4.38. The summed E-state index contributed by atoms with van der Waals surface area (Å²) < 4.78 is 23.8. The van der Waals surface area contributed by atoms with Crippen molar-refractivity contribution >= 4 is 25.1 Å². The Morgan fingerprint density at radius 3 is 2.19 bits per heavy atom. The number of benzene rings is 2. The molecule has 202 valence electrons. The van der Waals surface area contributed by atoms with Crippen LogP contribution in [0.25, 0.3) is 0 Å². The van der Waals surface area contributed by atoms with Gasteiger partial charge in [0.1, 0.15) is 17.8 Å². The molecule has 1 fully saturated rings. The number of carbonyl (C=O) groups excluding carboxylic acids is 2. The van der Waals surface area contributed by atoms with Crippen molar-refractivity contribution in [1.82, 2.24) is 5.32 Å². The summed E-state index contributed by atoms with van der Waals surface area (Å²) in [7, 11) is -2.15. The number of hydrogen-bond acceptors (Lipinski definition) is 6. The van der Waals surface area contributed by atoms with Crippen LogP contribution in [0.15, 0.2) is 60.7 Å². The van der Waals surface area contributed by atoms with Crippen molar-refractivity contribution in [3.63, 3.8) is 0 Å². The lowest BCUT2D eigenvalue weighted by atomic mass is 10.0. The zero-order valence-corrected chi connectivity index (χ0v) is 24.1. The van der Waals surface area contributed by atoms with Gasteiger partial charge in [-0.1, -0.05) is 78.9 Å². The summed E-state index contributed by atoms with van der Waals surface area (Å²) in [5, 5.41) is 4.08. The minimum atomic E-state index is -2.15. The molecule has 0 aromatic heterocycles. The standard InChI is InChI=1S/C29H41NO6Si/c1-28(2,3)36-27(32)30-25(24-19-34-29(4,5)35-24)26(33-18-21-14-10-8-11-15-21)23(31)20-37(6,7)22-16-12-9-13-17-22/h8-17,24-26H,18-20H2,1-7H3,(H,30,32)/t24-,25+,26+/m1/s1. The Morgan fingerprint density at radius 1 is 1.05 bits per heavy atom. The van der Waals surface area contributed by atoms with Gasteiger partial charge < -0.3 is 24.3 Å². The first kappa shape index (κ1) is 29.0. The number of amides is 1. The molecule has 1 N–H and O–H groups in total. The van der Waals surface area contributed by atoms with Gasteiger partial charge in [-0.05, 0) is 40.2 Å². The largest absolute Gasteiger partial charge is 0.444 e. The van der Waals surface area contributed by atoms with Crippen molar-refractivity contribution in [2.75, 3.05) is 6.61 Å². The predicted molar refractivity (Wildman–Crippen MR) is 146 cm³/mol. The second kappa shape index (κ2) is 11.9. The summed E-state index contributed by atoms with van der Waals surface area (Å²) in [6.45, 7) is 13.8. The first-order valence-corrected chi connectivity index (χ1v) is 16.0. The second-order valence-corrected chi connectivity index (χ2v) is 16.3. The van der Waals surface area contributed by atoms with Crippen LogP contribution < -0.4 is 10.5 Å². The topological polar surface area (TPSA) is 83.1 Å². The normalized spacial score (nSPS) is 19.2. The molecule has 8 heteroatoms. The molecule has 1 saturated heterocycles. The van der Waals surface area contributed by atoms with Crippen LogP contribution >= 0.6 is 0 Å². The van der Waals surface area contributed by atoms with Gasteiger partial charge in [0.2, 0.25) is 0 Å². The fraction of sp³-hybridized carbons (Fsp3) is 0.517. The highest BCUT2D eigenvalue weighted by Gasteiger charge is 2.45. The van der Waals surface area contributed by atoms with Crippen LogP contribution in [0.5, 0.6) is 0 Å². The molecule has 3 rings (SSSR count). The number of Topliss-reactive ketones (excluding diaryl/α,β-unsaturated/α-hetero) is 1. The maximum absolute atomic E-state index is 14.0. The highest BCUT2D eigenvalue weighted by atomic mass is 28.3. The van der Waals surface area contributed by atoms with Crippen molar-refractivity contribution in [3.8, 4) is 0 Å². The third-order valence-corrected chi connectivity index (χ3v) is 9.33. The first-order chi connectivity index (χ1) is 17.3. The number of rotatable bonds is 10. The molecule has 1 amide bonds. The lowest BCUT2D eigenvalue weighted by Crippen LogP contribution is -2.57. The maximum Gasteiger partial charge on any atom is 0.408 e. The van der Waals surface area contributed by atoms with Gasteiger partial charge in [0.05, 0.1) is 27.3 Å². The molecule has 3 atom stereocenters. The third-order valence-electron chi connectivity index (χ3n) is 6.20. The molecule has 0 spiro atoms. The van der Waals surface area contributed by atoms with Crippen molar-refractivity contribution in [3.05, 3.63) is 66.2 Å². The average molecular weight is 528 g/mol. The zero-order chi connectivity index (χ0) is 27.3. The number of ether oxygens (including phenoxy) is 4. The van der Waals surface area contributed by atoms with E-state index in [0.717, 1.165) is 5.56 Å². The van der Waals surface area contributed by atoms with Crippen LogP contribution in [0.4, 0.5) is 4.79 Å². The quantitative estimate of drug-likeness (QED) is 0.447. The first-order valence-electron chi connectivity index (χ1n) is 12.8. The average Bonchev–Trinajstić information content (AvgIpc) is 3.17. The van der Waals surface area contributed by atoms with Crippen LogP contribution in [-0.2, 0) is 30.3 Å². The van der Waals surface area contributed by atoms with E-state index in [1.54, 1.807) is 20.8 Å². The van der Waals surface area contributed by atoms with E-state index in [9.17, 15) is 9.59 Å². The Bertz CT molecular complexity index is 1040. The summed E-state index contributed by atoms with van der Waals surface area (Å²) in [5.41, 5.74) is 0.230. The van der Waals surface area contributed by atoms with E-state index >= 15 is 0 Å². The molecule has 37 heavy (non-hydrogen) atoms. The monoisotopic (exact) mass is 527 g/mol. The van der Waals surface area contributed by atoms with Crippen LogP contribution in [0, 0.1) is 0 Å². The number of alkyl carbamates (subject to hydrolysis) is 1. The third kappa shape index (κ3) is 8.78. The van der Waals surface area contributed by atoms with Gasteiger partial charge in [0.15, 0.2) is 11.6 Å². The second-order valence-electron chi connectivity index (χ2n) is 11.6. The Hall–Kier alpha value is -2.52. The Morgan fingerprint density at radius 2 is 1.65 bits per heavy atom. The number of hydrogen-bond donors (Lipinski definition) is 1. The molecule has 1 heterocycles. The van der Waals surface area contributed by atoms with E-state index in [-0.39, 0.29) is 19.0 Å². The molecule has 0 saturated carbocycles. The van der Waals surface area contributed by atoms with Gasteiger partial charge in [-0.2, -0.15) is 0 Å². The molecule has 2 aromatic carbocycles. The Balaban J connectivity index is 1.92. The minimum absolute atomic E-state index is 0.0779. The fourth-order valence-corrected chi connectivity index (χ4v) is 6.76. The van der Waals surface area contributed by atoms with Gasteiger partial charge in [-0.3, -0.25) is 4.79 Å². The van der Waals surface area contributed by atoms with Crippen molar-refractivity contribution in [2.45, 2.75) is 90.0 Å². The van der Waals surface area contributed by atoms with E-state index in [4.69, 9.17) is 18.9 Å². The highest BCUT2D eigenvalue weighted by molar-refractivity contribution is 6.91. The Labute approximate surface area is 221 Å². The molecular formula is C29H41NO6Si. The molecule has 1 aliphatic rings. The van der Waals surface area contributed by atoms with Gasteiger partial charge in [0.25, 0.3) is 0 Å². The number of carbonyl (C=O) groups is 2. The van der Waals surface area contributed by atoms with E-state index < -0.39 is 43.8 Å². The zero-order valence-electron chi connectivity index (χ0n) is 23.1. The van der Waals surface area contributed by atoms with E-state index in [0.29, 0.717) is 6.04 Å². The summed E-state index contributed by atoms with van der Waals surface area (Å²) >= 11 is 0. The van der Waals surface area contributed by atoms with Crippen molar-refractivity contribution < 1.29 is 28.5 Å². The summed E-state index contributed by atoms with van der Waals surface area (Å²) in [4.78, 5) is 26.9. The lowest BCUT2D eigenvalue weighted by Gasteiger charge is -2.33. The maximum atomic E-state index is 14.0. The molecule has 0 bridgehead atoms. The van der Waals surface area contributed by atoms with E-state index in [1.807, 2.05) is 62.4 Å². The Kier molecular flexibility index (Phi) is 9.34. The molecule has 2 aromatic rings. The predicted octanol–water partition coefficient (Wildman–Crippen LogP) is 4.80. The summed E-state index contributed by atoms with van der Waals surface area (Å²) in [6.07, 6.45) is -2.18. The molecular weight excluding hydrogens is 486 g/mol. The van der Waals surface area contributed by atoms with E-state index in [2.05, 4.69) is 30.5 Å². The van der Waals surface area contributed by atoms with Crippen molar-refractivity contribution in [1.29, 1.82) is 0 Å². The summed E-state index contributed by atoms with van der Waals surface area (Å²) in [5.74, 6) is -0.922. The van der Waals surface area contributed by atoms with Gasteiger partial charge in [-0.25, -0.2) is 4.79 Å². The molecule has 1 aliphatic heterocycles. The molecule has 0 radical (unpaired) electrons. The lowest BCUT2D eigenvalue weighted by molar-refractivity contribution is -0.153. The van der Waals surface area contributed by atoms with Crippen LogP contribution in [-0.4, -0.2) is 56.2 Å². The summed E-state index contributed by atoms with van der Waals surface area (Å²) in [6, 6.07) is 19.3.